The Morgan fingerprint density at radius 2 is 2.00 bits per heavy atom. The van der Waals surface area contributed by atoms with Gasteiger partial charge in [-0.3, -0.25) is 4.79 Å². The molecule has 1 unspecified atom stereocenters. The van der Waals surface area contributed by atoms with Gasteiger partial charge in [-0.15, -0.1) is 11.8 Å². The predicted molar refractivity (Wildman–Crippen MR) is 75.7 cm³/mol. The molecule has 1 rings (SSSR count). The van der Waals surface area contributed by atoms with Crippen LogP contribution in [0.15, 0.2) is 29.2 Å². The molecule has 0 saturated heterocycles. The summed E-state index contributed by atoms with van der Waals surface area (Å²) in [6.07, 6.45) is 0.602. The molecular formula is C14H21NO2S. The van der Waals surface area contributed by atoms with Crippen molar-refractivity contribution in [3.05, 3.63) is 29.8 Å². The van der Waals surface area contributed by atoms with Crippen LogP contribution in [0.4, 0.5) is 0 Å². The number of esters is 1. The van der Waals surface area contributed by atoms with Crippen LogP contribution in [-0.4, -0.2) is 23.9 Å². The van der Waals surface area contributed by atoms with Crippen molar-refractivity contribution in [2.45, 2.75) is 37.6 Å². The molecule has 0 amide bonds. The molecule has 1 aromatic carbocycles. The molecule has 3 nitrogen and oxygen atoms in total. The zero-order valence-corrected chi connectivity index (χ0v) is 12.0. The number of ether oxygens (including phenoxy) is 1. The number of rotatable bonds is 6. The average Bonchev–Trinajstić information content (AvgIpc) is 2.32. The van der Waals surface area contributed by atoms with E-state index >= 15 is 0 Å². The van der Waals surface area contributed by atoms with Crippen molar-refractivity contribution in [1.29, 1.82) is 0 Å². The third kappa shape index (κ3) is 4.70. The smallest absolute Gasteiger partial charge is 0.325 e. The summed E-state index contributed by atoms with van der Waals surface area (Å²) in [5.74, 6) is 0.476. The fourth-order valence-electron chi connectivity index (χ4n) is 1.41. The first-order valence-corrected chi connectivity index (χ1v) is 7.10. The number of carbonyl (C=O) groups is 1. The topological polar surface area (TPSA) is 52.3 Å². The first-order valence-electron chi connectivity index (χ1n) is 6.11. The summed E-state index contributed by atoms with van der Waals surface area (Å²) < 4.78 is 4.95. The van der Waals surface area contributed by atoms with Gasteiger partial charge in [-0.2, -0.15) is 0 Å². The van der Waals surface area contributed by atoms with E-state index in [-0.39, 0.29) is 5.97 Å². The Balaban J connectivity index is 2.41. The minimum Gasteiger partial charge on any atom is -0.465 e. The summed E-state index contributed by atoms with van der Waals surface area (Å²) in [5, 5.41) is 0. The number of hydrogen-bond acceptors (Lipinski definition) is 4. The molecule has 0 fully saturated rings. The quantitative estimate of drug-likeness (QED) is 0.636. The van der Waals surface area contributed by atoms with E-state index in [2.05, 4.69) is 31.2 Å². The molecule has 18 heavy (non-hydrogen) atoms. The minimum atomic E-state index is -0.895. The van der Waals surface area contributed by atoms with Crippen LogP contribution in [0.5, 0.6) is 0 Å². The van der Waals surface area contributed by atoms with Gasteiger partial charge in [0.15, 0.2) is 0 Å². The van der Waals surface area contributed by atoms with E-state index in [0.717, 1.165) is 5.75 Å². The molecule has 2 N–H and O–H groups in total. The van der Waals surface area contributed by atoms with E-state index in [4.69, 9.17) is 10.5 Å². The molecule has 0 aliphatic carbocycles. The average molecular weight is 267 g/mol. The van der Waals surface area contributed by atoms with Crippen molar-refractivity contribution in [2.75, 3.05) is 12.4 Å². The van der Waals surface area contributed by atoms with Crippen molar-refractivity contribution < 1.29 is 9.53 Å². The largest absolute Gasteiger partial charge is 0.465 e. The Morgan fingerprint density at radius 3 is 2.56 bits per heavy atom. The number of benzene rings is 1. The number of thioether (sulfide) groups is 1. The van der Waals surface area contributed by atoms with E-state index < -0.39 is 5.54 Å². The fraction of sp³-hybridized carbons (Fsp3) is 0.500. The SMILES string of the molecule is CCOC(=O)C(C)(N)CCSc1ccc(C)cc1. The second-order valence-corrected chi connectivity index (χ2v) is 5.72. The monoisotopic (exact) mass is 267 g/mol. The zero-order valence-electron chi connectivity index (χ0n) is 11.2. The maximum atomic E-state index is 11.6. The van der Waals surface area contributed by atoms with Crippen LogP contribution < -0.4 is 5.73 Å². The maximum Gasteiger partial charge on any atom is 0.325 e. The molecule has 0 aliphatic heterocycles. The van der Waals surface area contributed by atoms with Crippen molar-refractivity contribution in [3.8, 4) is 0 Å². The van der Waals surface area contributed by atoms with Crippen LogP contribution in [0.25, 0.3) is 0 Å². The van der Waals surface area contributed by atoms with Gasteiger partial charge in [-0.25, -0.2) is 0 Å². The van der Waals surface area contributed by atoms with Gasteiger partial charge in [0.2, 0.25) is 0 Å². The highest BCUT2D eigenvalue weighted by Crippen LogP contribution is 2.22. The van der Waals surface area contributed by atoms with E-state index in [9.17, 15) is 4.79 Å². The standard InChI is InChI=1S/C14H21NO2S/c1-4-17-13(16)14(3,15)9-10-18-12-7-5-11(2)6-8-12/h5-8H,4,9-10,15H2,1-3H3. The molecule has 1 aromatic rings. The van der Waals surface area contributed by atoms with Gasteiger partial charge >= 0.3 is 5.97 Å². The Morgan fingerprint density at radius 1 is 1.39 bits per heavy atom. The number of aryl methyl sites for hydroxylation is 1. The van der Waals surface area contributed by atoms with Crippen molar-refractivity contribution in [1.82, 2.24) is 0 Å². The summed E-state index contributed by atoms with van der Waals surface area (Å²) in [5.41, 5.74) is 6.30. The van der Waals surface area contributed by atoms with Crippen LogP contribution in [0.1, 0.15) is 25.8 Å². The Labute approximate surface area is 113 Å². The summed E-state index contributed by atoms with van der Waals surface area (Å²) in [4.78, 5) is 12.8. The van der Waals surface area contributed by atoms with Crippen LogP contribution >= 0.6 is 11.8 Å². The minimum absolute atomic E-state index is 0.325. The third-order valence-electron chi connectivity index (χ3n) is 2.65. The molecule has 1 atom stereocenters. The van der Waals surface area contributed by atoms with Gasteiger partial charge in [0, 0.05) is 10.6 Å². The normalized spacial score (nSPS) is 14.0. The van der Waals surface area contributed by atoms with E-state index in [0.29, 0.717) is 13.0 Å². The maximum absolute atomic E-state index is 11.6. The predicted octanol–water partition coefficient (Wildman–Crippen LogP) is 2.76. The highest BCUT2D eigenvalue weighted by Gasteiger charge is 2.29. The molecule has 100 valence electrons. The van der Waals surface area contributed by atoms with Crippen LogP contribution in [0, 0.1) is 6.92 Å². The zero-order chi connectivity index (χ0) is 13.6. The third-order valence-corrected chi connectivity index (χ3v) is 3.67. The molecule has 0 aliphatic rings. The van der Waals surface area contributed by atoms with Crippen LogP contribution in [0.3, 0.4) is 0 Å². The summed E-state index contributed by atoms with van der Waals surface area (Å²) in [6.45, 7) is 5.94. The van der Waals surface area contributed by atoms with Gasteiger partial charge in [0.1, 0.15) is 5.54 Å². The van der Waals surface area contributed by atoms with Crippen LogP contribution in [0.2, 0.25) is 0 Å². The Bertz CT molecular complexity index is 387. The van der Waals surface area contributed by atoms with Crippen LogP contribution in [-0.2, 0) is 9.53 Å². The molecule has 0 radical (unpaired) electrons. The number of carbonyl (C=O) groups excluding carboxylic acids is 1. The van der Waals surface area contributed by atoms with Crippen molar-refractivity contribution in [2.24, 2.45) is 5.73 Å². The van der Waals surface area contributed by atoms with Crippen molar-refractivity contribution >= 4 is 17.7 Å². The summed E-state index contributed by atoms with van der Waals surface area (Å²) in [7, 11) is 0. The number of nitrogens with two attached hydrogens (primary N) is 1. The first kappa shape index (κ1) is 15.1. The van der Waals surface area contributed by atoms with Gasteiger partial charge < -0.3 is 10.5 Å². The Hall–Kier alpha value is -1.00. The summed E-state index contributed by atoms with van der Waals surface area (Å²) in [6, 6.07) is 8.32. The van der Waals surface area contributed by atoms with E-state index in [1.807, 2.05) is 0 Å². The lowest BCUT2D eigenvalue weighted by Gasteiger charge is -2.21. The molecule has 0 bridgehead atoms. The fourth-order valence-corrected chi connectivity index (χ4v) is 2.50. The molecular weight excluding hydrogens is 246 g/mol. The summed E-state index contributed by atoms with van der Waals surface area (Å²) >= 11 is 1.70. The highest BCUT2D eigenvalue weighted by molar-refractivity contribution is 7.99. The molecule has 0 spiro atoms. The Kier molecular flexibility index (Phi) is 5.69. The molecule has 0 saturated carbocycles. The lowest BCUT2D eigenvalue weighted by Crippen LogP contribution is -2.46. The first-order chi connectivity index (χ1) is 8.45. The molecule has 0 heterocycles. The lowest BCUT2D eigenvalue weighted by molar-refractivity contribution is -0.149. The molecule has 4 heteroatoms. The molecule has 0 aromatic heterocycles. The second-order valence-electron chi connectivity index (χ2n) is 4.55. The second kappa shape index (κ2) is 6.81. The highest BCUT2D eigenvalue weighted by atomic mass is 32.2. The van der Waals surface area contributed by atoms with E-state index in [1.54, 1.807) is 25.6 Å². The lowest BCUT2D eigenvalue weighted by atomic mass is 10.0. The van der Waals surface area contributed by atoms with Gasteiger partial charge in [0.25, 0.3) is 0 Å². The van der Waals surface area contributed by atoms with Gasteiger partial charge in [0.05, 0.1) is 6.61 Å². The van der Waals surface area contributed by atoms with Gasteiger partial charge in [-0.1, -0.05) is 17.7 Å². The van der Waals surface area contributed by atoms with Gasteiger partial charge in [-0.05, 0) is 39.3 Å². The van der Waals surface area contributed by atoms with E-state index in [1.165, 1.54) is 10.5 Å². The number of hydrogen-bond donors (Lipinski definition) is 1. The van der Waals surface area contributed by atoms with Crippen molar-refractivity contribution in [3.63, 3.8) is 0 Å².